The summed E-state index contributed by atoms with van der Waals surface area (Å²) >= 11 is 0. The smallest absolute Gasteiger partial charge is 0.310 e. The number of aryl methyl sites for hydroxylation is 1. The molecule has 0 saturated carbocycles. The highest BCUT2D eigenvalue weighted by Gasteiger charge is 2.32. The van der Waals surface area contributed by atoms with E-state index in [1.807, 2.05) is 13.0 Å². The van der Waals surface area contributed by atoms with E-state index in [9.17, 15) is 9.59 Å². The Morgan fingerprint density at radius 2 is 2.16 bits per heavy atom. The van der Waals surface area contributed by atoms with Gasteiger partial charge in [-0.3, -0.25) is 9.59 Å². The van der Waals surface area contributed by atoms with Crippen molar-refractivity contribution in [1.82, 2.24) is 4.90 Å². The lowest BCUT2D eigenvalue weighted by molar-refractivity contribution is -0.144. The first-order chi connectivity index (χ1) is 9.02. The normalized spacial score (nSPS) is 18.4. The first-order valence-electron chi connectivity index (χ1n) is 6.26. The van der Waals surface area contributed by atoms with E-state index in [1.165, 1.54) is 7.11 Å². The van der Waals surface area contributed by atoms with E-state index in [4.69, 9.17) is 10.5 Å². The lowest BCUT2D eigenvalue weighted by Crippen LogP contribution is -2.30. The number of carbonyl (C=O) groups excluding carboxylic acids is 2. The van der Waals surface area contributed by atoms with Gasteiger partial charge in [0.05, 0.1) is 18.6 Å². The molecule has 1 saturated heterocycles. The van der Waals surface area contributed by atoms with Crippen molar-refractivity contribution in [2.75, 3.05) is 25.9 Å². The summed E-state index contributed by atoms with van der Waals surface area (Å²) in [6.07, 6.45) is 0.643. The minimum atomic E-state index is -0.257. The van der Waals surface area contributed by atoms with Gasteiger partial charge in [0.1, 0.15) is 0 Å². The number of likely N-dealkylation sites (tertiary alicyclic amines) is 1. The molecule has 1 amide bonds. The zero-order chi connectivity index (χ0) is 14.0. The van der Waals surface area contributed by atoms with E-state index in [1.54, 1.807) is 17.0 Å². The van der Waals surface area contributed by atoms with Crippen LogP contribution in [0.5, 0.6) is 0 Å². The highest BCUT2D eigenvalue weighted by molar-refractivity contribution is 5.99. The fraction of sp³-hybridized carbons (Fsp3) is 0.429. The van der Waals surface area contributed by atoms with Crippen molar-refractivity contribution >= 4 is 17.6 Å². The van der Waals surface area contributed by atoms with E-state index in [2.05, 4.69) is 0 Å². The molecule has 19 heavy (non-hydrogen) atoms. The maximum atomic E-state index is 12.4. The standard InChI is InChI=1S/C14H18N2O3/c1-9-3-4-12(15)11(7-9)13(17)16-6-5-10(8-16)14(18)19-2/h3-4,7,10H,5-6,8,15H2,1-2H3. The molecule has 0 radical (unpaired) electrons. The minimum absolute atomic E-state index is 0.118. The zero-order valence-corrected chi connectivity index (χ0v) is 11.2. The third-order valence-corrected chi connectivity index (χ3v) is 3.45. The Kier molecular flexibility index (Phi) is 3.74. The second-order valence-corrected chi connectivity index (χ2v) is 4.85. The lowest BCUT2D eigenvalue weighted by Gasteiger charge is -2.17. The molecule has 1 heterocycles. The van der Waals surface area contributed by atoms with Gasteiger partial charge in [0, 0.05) is 18.8 Å². The Labute approximate surface area is 112 Å². The van der Waals surface area contributed by atoms with Crippen LogP contribution in [0.25, 0.3) is 0 Å². The zero-order valence-electron chi connectivity index (χ0n) is 11.2. The fourth-order valence-corrected chi connectivity index (χ4v) is 2.33. The summed E-state index contributed by atoms with van der Waals surface area (Å²) in [6.45, 7) is 2.88. The maximum absolute atomic E-state index is 12.4. The van der Waals surface area contributed by atoms with Crippen LogP contribution in [-0.4, -0.2) is 37.0 Å². The van der Waals surface area contributed by atoms with Crippen LogP contribution in [0.3, 0.4) is 0 Å². The number of carbonyl (C=O) groups is 2. The maximum Gasteiger partial charge on any atom is 0.310 e. The number of amides is 1. The van der Waals surface area contributed by atoms with Gasteiger partial charge >= 0.3 is 5.97 Å². The van der Waals surface area contributed by atoms with Crippen molar-refractivity contribution in [1.29, 1.82) is 0 Å². The highest BCUT2D eigenvalue weighted by atomic mass is 16.5. The van der Waals surface area contributed by atoms with Gasteiger partial charge in [-0.15, -0.1) is 0 Å². The number of esters is 1. The Hall–Kier alpha value is -2.04. The number of anilines is 1. The quantitative estimate of drug-likeness (QED) is 0.642. The molecule has 1 atom stereocenters. The fourth-order valence-electron chi connectivity index (χ4n) is 2.33. The molecule has 1 unspecified atom stereocenters. The van der Waals surface area contributed by atoms with Crippen molar-refractivity contribution in [3.05, 3.63) is 29.3 Å². The molecule has 2 rings (SSSR count). The van der Waals surface area contributed by atoms with Crippen LogP contribution in [0.15, 0.2) is 18.2 Å². The van der Waals surface area contributed by atoms with Crippen LogP contribution in [0.4, 0.5) is 5.69 Å². The predicted octanol–water partition coefficient (Wildman–Crippen LogP) is 1.21. The third kappa shape index (κ3) is 2.70. The van der Waals surface area contributed by atoms with Gasteiger partial charge in [-0.1, -0.05) is 11.6 Å². The SMILES string of the molecule is COC(=O)C1CCN(C(=O)c2cc(C)ccc2N)C1. The van der Waals surface area contributed by atoms with Crippen molar-refractivity contribution in [3.63, 3.8) is 0 Å². The summed E-state index contributed by atoms with van der Waals surface area (Å²) in [6, 6.07) is 5.38. The van der Waals surface area contributed by atoms with Crippen molar-refractivity contribution in [2.45, 2.75) is 13.3 Å². The van der Waals surface area contributed by atoms with Crippen molar-refractivity contribution in [2.24, 2.45) is 5.92 Å². The van der Waals surface area contributed by atoms with Gasteiger partial charge < -0.3 is 15.4 Å². The van der Waals surface area contributed by atoms with Gasteiger partial charge in [0.25, 0.3) is 5.91 Å². The predicted molar refractivity (Wildman–Crippen MR) is 71.6 cm³/mol. The second kappa shape index (κ2) is 5.30. The summed E-state index contributed by atoms with van der Waals surface area (Å²) in [5.41, 5.74) is 7.80. The third-order valence-electron chi connectivity index (χ3n) is 3.45. The molecular weight excluding hydrogens is 244 g/mol. The van der Waals surface area contributed by atoms with Crippen LogP contribution < -0.4 is 5.73 Å². The van der Waals surface area contributed by atoms with Crippen LogP contribution in [0.1, 0.15) is 22.3 Å². The number of nitrogen functional groups attached to an aromatic ring is 1. The van der Waals surface area contributed by atoms with Crippen LogP contribution >= 0.6 is 0 Å². The van der Waals surface area contributed by atoms with E-state index in [0.29, 0.717) is 30.8 Å². The average molecular weight is 262 g/mol. The number of ether oxygens (including phenoxy) is 1. The number of methoxy groups -OCH3 is 1. The lowest BCUT2D eigenvalue weighted by atomic mass is 10.1. The first kappa shape index (κ1) is 13.4. The molecule has 5 heteroatoms. The number of nitrogens with two attached hydrogens (primary N) is 1. The monoisotopic (exact) mass is 262 g/mol. The summed E-state index contributed by atoms with van der Waals surface area (Å²) in [5.74, 6) is -0.597. The molecule has 2 N–H and O–H groups in total. The van der Waals surface area contributed by atoms with E-state index < -0.39 is 0 Å². The van der Waals surface area contributed by atoms with Crippen LogP contribution in [0.2, 0.25) is 0 Å². The van der Waals surface area contributed by atoms with Gasteiger partial charge in [0.15, 0.2) is 0 Å². The van der Waals surface area contributed by atoms with Crippen molar-refractivity contribution < 1.29 is 14.3 Å². The molecule has 0 spiro atoms. The van der Waals surface area contributed by atoms with Gasteiger partial charge in [0.2, 0.25) is 0 Å². The van der Waals surface area contributed by atoms with Gasteiger partial charge in [-0.25, -0.2) is 0 Å². The molecule has 1 aliphatic rings. The van der Waals surface area contributed by atoms with Crippen LogP contribution in [-0.2, 0) is 9.53 Å². The molecular formula is C14H18N2O3. The van der Waals surface area contributed by atoms with Gasteiger partial charge in [-0.2, -0.15) is 0 Å². The molecule has 5 nitrogen and oxygen atoms in total. The molecule has 0 aromatic heterocycles. The second-order valence-electron chi connectivity index (χ2n) is 4.85. The van der Waals surface area contributed by atoms with Crippen molar-refractivity contribution in [3.8, 4) is 0 Å². The molecule has 0 bridgehead atoms. The topological polar surface area (TPSA) is 72.6 Å². The molecule has 1 aromatic carbocycles. The number of nitrogens with zero attached hydrogens (tertiary/aromatic N) is 1. The Morgan fingerprint density at radius 1 is 1.42 bits per heavy atom. The van der Waals surface area contributed by atoms with E-state index in [0.717, 1.165) is 5.56 Å². The number of benzene rings is 1. The number of rotatable bonds is 2. The number of hydrogen-bond donors (Lipinski definition) is 1. The summed E-state index contributed by atoms with van der Waals surface area (Å²) < 4.78 is 4.71. The molecule has 1 aliphatic heterocycles. The number of hydrogen-bond acceptors (Lipinski definition) is 4. The van der Waals surface area contributed by atoms with Crippen LogP contribution in [0, 0.1) is 12.8 Å². The largest absolute Gasteiger partial charge is 0.469 e. The van der Waals surface area contributed by atoms with E-state index >= 15 is 0 Å². The Morgan fingerprint density at radius 3 is 2.84 bits per heavy atom. The molecule has 1 fully saturated rings. The Balaban J connectivity index is 2.13. The molecule has 1 aromatic rings. The highest BCUT2D eigenvalue weighted by Crippen LogP contribution is 2.22. The first-order valence-corrected chi connectivity index (χ1v) is 6.26. The Bertz CT molecular complexity index is 513. The molecule has 102 valence electrons. The van der Waals surface area contributed by atoms with Gasteiger partial charge in [-0.05, 0) is 25.5 Å². The average Bonchev–Trinajstić information content (AvgIpc) is 2.89. The summed E-state index contributed by atoms with van der Waals surface area (Å²) in [7, 11) is 1.37. The summed E-state index contributed by atoms with van der Waals surface area (Å²) in [4.78, 5) is 25.5. The molecule has 0 aliphatic carbocycles. The summed E-state index contributed by atoms with van der Waals surface area (Å²) in [5, 5.41) is 0. The van der Waals surface area contributed by atoms with E-state index in [-0.39, 0.29) is 17.8 Å². The minimum Gasteiger partial charge on any atom is -0.469 e.